The highest BCUT2D eigenvalue weighted by molar-refractivity contribution is 5.95. The lowest BCUT2D eigenvalue weighted by Crippen LogP contribution is -2.53. The molecule has 6 heteroatoms. The lowest BCUT2D eigenvalue weighted by molar-refractivity contribution is -0.133. The van der Waals surface area contributed by atoms with Crippen LogP contribution in [-0.4, -0.2) is 45.2 Å². The third-order valence-electron chi connectivity index (χ3n) is 5.84. The molecule has 0 aliphatic carbocycles. The second-order valence-electron chi connectivity index (χ2n) is 7.24. The minimum Gasteiger partial charge on any atom is -0.469 e. The Labute approximate surface area is 152 Å². The predicted octanol–water partition coefficient (Wildman–Crippen LogP) is 2.78. The number of pyridine rings is 1. The first-order chi connectivity index (χ1) is 12.6. The molecule has 0 atom stereocenters. The molecular weight excluding hydrogens is 330 g/mol. The lowest BCUT2D eigenvalue weighted by atomic mass is 9.84. The molecule has 2 fully saturated rings. The average molecular weight is 353 g/mol. The predicted molar refractivity (Wildman–Crippen MR) is 95.3 cm³/mol. The van der Waals surface area contributed by atoms with E-state index in [0.29, 0.717) is 37.4 Å². The Morgan fingerprint density at radius 3 is 2.58 bits per heavy atom. The number of rotatable bonds is 3. The molecule has 0 bridgehead atoms. The van der Waals surface area contributed by atoms with Gasteiger partial charge >= 0.3 is 0 Å². The summed E-state index contributed by atoms with van der Waals surface area (Å²) in [5.41, 5.74) is 1.61. The summed E-state index contributed by atoms with van der Waals surface area (Å²) in [6.07, 6.45) is 8.21. The highest BCUT2D eigenvalue weighted by atomic mass is 16.3. The third-order valence-corrected chi connectivity index (χ3v) is 5.84. The van der Waals surface area contributed by atoms with Crippen molar-refractivity contribution in [2.24, 2.45) is 0 Å². The van der Waals surface area contributed by atoms with Gasteiger partial charge in [0.1, 0.15) is 5.76 Å². The molecule has 4 rings (SSSR count). The Kier molecular flexibility index (Phi) is 4.26. The summed E-state index contributed by atoms with van der Waals surface area (Å²) >= 11 is 0. The summed E-state index contributed by atoms with van der Waals surface area (Å²) in [5.74, 6) is 0.897. The van der Waals surface area contributed by atoms with Gasteiger partial charge in [0.15, 0.2) is 0 Å². The van der Waals surface area contributed by atoms with Gasteiger partial charge in [0, 0.05) is 44.0 Å². The van der Waals surface area contributed by atoms with E-state index in [2.05, 4.69) is 4.98 Å². The van der Waals surface area contributed by atoms with E-state index in [1.807, 2.05) is 28.9 Å². The van der Waals surface area contributed by atoms with Gasteiger partial charge in [-0.25, -0.2) is 0 Å². The third kappa shape index (κ3) is 2.89. The van der Waals surface area contributed by atoms with Gasteiger partial charge in [-0.05, 0) is 49.9 Å². The molecule has 2 saturated heterocycles. The number of piperidine rings is 1. The molecule has 0 aromatic carbocycles. The van der Waals surface area contributed by atoms with Crippen LogP contribution in [0.3, 0.4) is 0 Å². The molecule has 2 amide bonds. The number of carbonyl (C=O) groups is 2. The Hall–Kier alpha value is -2.63. The van der Waals surface area contributed by atoms with Crippen LogP contribution in [0.15, 0.2) is 41.3 Å². The Morgan fingerprint density at radius 2 is 1.92 bits per heavy atom. The zero-order valence-electron chi connectivity index (χ0n) is 15.0. The van der Waals surface area contributed by atoms with Crippen LogP contribution in [-0.2, 0) is 11.3 Å². The Morgan fingerprint density at radius 1 is 1.19 bits per heavy atom. The monoisotopic (exact) mass is 353 g/mol. The van der Waals surface area contributed by atoms with Crippen LogP contribution in [0.1, 0.15) is 47.4 Å². The smallest absolute Gasteiger partial charge is 0.257 e. The van der Waals surface area contributed by atoms with E-state index in [-0.39, 0.29) is 17.4 Å². The number of aryl methyl sites for hydroxylation is 1. The van der Waals surface area contributed by atoms with E-state index in [1.165, 1.54) is 0 Å². The largest absolute Gasteiger partial charge is 0.469 e. The van der Waals surface area contributed by atoms with E-state index in [1.54, 1.807) is 24.7 Å². The van der Waals surface area contributed by atoms with Crippen molar-refractivity contribution in [2.75, 3.05) is 13.1 Å². The minimum absolute atomic E-state index is 0.0242. The summed E-state index contributed by atoms with van der Waals surface area (Å²) in [4.78, 5) is 33.2. The number of furan rings is 1. The molecule has 4 heterocycles. The van der Waals surface area contributed by atoms with Crippen LogP contribution in [0.5, 0.6) is 0 Å². The molecule has 26 heavy (non-hydrogen) atoms. The Balaban J connectivity index is 1.47. The van der Waals surface area contributed by atoms with Gasteiger partial charge < -0.3 is 14.2 Å². The second kappa shape index (κ2) is 6.59. The summed E-state index contributed by atoms with van der Waals surface area (Å²) < 4.78 is 5.26. The molecule has 0 saturated carbocycles. The zero-order valence-corrected chi connectivity index (χ0v) is 15.0. The van der Waals surface area contributed by atoms with Crippen molar-refractivity contribution >= 4 is 11.8 Å². The number of amides is 2. The van der Waals surface area contributed by atoms with Crippen molar-refractivity contribution in [1.29, 1.82) is 0 Å². The van der Waals surface area contributed by atoms with E-state index in [4.69, 9.17) is 4.42 Å². The van der Waals surface area contributed by atoms with Crippen molar-refractivity contribution in [1.82, 2.24) is 14.8 Å². The number of hydrogen-bond acceptors (Lipinski definition) is 4. The van der Waals surface area contributed by atoms with Crippen LogP contribution < -0.4 is 0 Å². The van der Waals surface area contributed by atoms with Crippen molar-refractivity contribution in [3.05, 3.63) is 53.7 Å². The van der Waals surface area contributed by atoms with Gasteiger partial charge in [-0.15, -0.1) is 0 Å². The van der Waals surface area contributed by atoms with Crippen LogP contribution >= 0.6 is 0 Å². The van der Waals surface area contributed by atoms with Crippen LogP contribution in [0.2, 0.25) is 0 Å². The molecule has 1 spiro atoms. The first-order valence-corrected chi connectivity index (χ1v) is 9.12. The molecule has 2 aromatic rings. The van der Waals surface area contributed by atoms with Gasteiger partial charge in [-0.3, -0.25) is 14.6 Å². The molecule has 2 aromatic heterocycles. The summed E-state index contributed by atoms with van der Waals surface area (Å²) in [7, 11) is 0. The van der Waals surface area contributed by atoms with Crippen molar-refractivity contribution in [2.45, 2.75) is 44.7 Å². The number of hydrogen-bond donors (Lipinski definition) is 0. The summed E-state index contributed by atoms with van der Waals surface area (Å²) in [6.45, 7) is 3.77. The number of nitrogens with zero attached hydrogens (tertiary/aromatic N) is 3. The fourth-order valence-electron chi connectivity index (χ4n) is 4.22. The van der Waals surface area contributed by atoms with Crippen LogP contribution in [0.4, 0.5) is 0 Å². The maximum atomic E-state index is 12.7. The first kappa shape index (κ1) is 16.8. The normalized spacial score (nSPS) is 19.3. The lowest BCUT2D eigenvalue weighted by Gasteiger charge is -2.45. The SMILES string of the molecule is Cc1occc1C(=O)N1CCC2(CCC(=O)N2Cc2ccncc2)CC1. The maximum Gasteiger partial charge on any atom is 0.257 e. The highest BCUT2D eigenvalue weighted by Crippen LogP contribution is 2.40. The zero-order chi connectivity index (χ0) is 18.1. The standard InChI is InChI=1S/C20H23N3O3/c1-15-17(5-13-26-15)19(25)22-11-7-20(8-12-22)6-2-18(24)23(20)14-16-3-9-21-10-4-16/h3-5,9-10,13H,2,6-8,11-12,14H2,1H3. The van der Waals surface area contributed by atoms with E-state index in [9.17, 15) is 9.59 Å². The van der Waals surface area contributed by atoms with E-state index < -0.39 is 0 Å². The van der Waals surface area contributed by atoms with Crippen LogP contribution in [0.25, 0.3) is 0 Å². The topological polar surface area (TPSA) is 66.7 Å². The number of aromatic nitrogens is 1. The molecule has 2 aliphatic heterocycles. The van der Waals surface area contributed by atoms with Crippen molar-refractivity contribution in [3.63, 3.8) is 0 Å². The maximum absolute atomic E-state index is 12.7. The van der Waals surface area contributed by atoms with Crippen LogP contribution in [0, 0.1) is 6.92 Å². The molecule has 0 radical (unpaired) electrons. The minimum atomic E-state index is -0.122. The fraction of sp³-hybridized carbons (Fsp3) is 0.450. The second-order valence-corrected chi connectivity index (χ2v) is 7.24. The highest BCUT2D eigenvalue weighted by Gasteiger charge is 2.47. The molecule has 0 N–H and O–H groups in total. The fourth-order valence-corrected chi connectivity index (χ4v) is 4.22. The van der Waals surface area contributed by atoms with Gasteiger partial charge in [-0.1, -0.05) is 0 Å². The van der Waals surface area contributed by atoms with Gasteiger partial charge in [0.05, 0.1) is 11.8 Å². The molecule has 2 aliphatic rings. The van der Waals surface area contributed by atoms with E-state index in [0.717, 1.165) is 24.8 Å². The molecule has 6 nitrogen and oxygen atoms in total. The quantitative estimate of drug-likeness (QED) is 0.851. The number of carbonyl (C=O) groups excluding carboxylic acids is 2. The van der Waals surface area contributed by atoms with Gasteiger partial charge in [0.25, 0.3) is 5.91 Å². The average Bonchev–Trinajstić information content (AvgIpc) is 3.22. The van der Waals surface area contributed by atoms with Gasteiger partial charge in [-0.2, -0.15) is 0 Å². The molecule has 0 unspecified atom stereocenters. The van der Waals surface area contributed by atoms with Crippen molar-refractivity contribution < 1.29 is 14.0 Å². The first-order valence-electron chi connectivity index (χ1n) is 9.12. The number of likely N-dealkylation sites (tertiary alicyclic amines) is 2. The molecule has 136 valence electrons. The van der Waals surface area contributed by atoms with Crippen molar-refractivity contribution in [3.8, 4) is 0 Å². The molecular formula is C20H23N3O3. The van der Waals surface area contributed by atoms with Gasteiger partial charge in [0.2, 0.25) is 5.91 Å². The van der Waals surface area contributed by atoms with E-state index >= 15 is 0 Å². The summed E-state index contributed by atoms with van der Waals surface area (Å²) in [5, 5.41) is 0. The summed E-state index contributed by atoms with van der Waals surface area (Å²) in [6, 6.07) is 5.65. The Bertz CT molecular complexity index is 807.